The average Bonchev–Trinajstić information content (AvgIpc) is 3.37. The number of aliphatic imine (C=N–C) groups is 1. The monoisotopic (exact) mass is 390 g/mol. The van der Waals surface area contributed by atoms with Crippen LogP contribution in [0.4, 0.5) is 0 Å². The number of pyridine rings is 1. The molecule has 1 aliphatic heterocycles. The van der Waals surface area contributed by atoms with E-state index < -0.39 is 0 Å². The Kier molecular flexibility index (Phi) is 5.81. The van der Waals surface area contributed by atoms with Gasteiger partial charge in [0.15, 0.2) is 5.96 Å². The first-order valence-corrected chi connectivity index (χ1v) is 10.3. The van der Waals surface area contributed by atoms with Crippen LogP contribution in [0, 0.1) is 6.92 Å². The number of likely N-dealkylation sites (tertiary alicyclic amines) is 1. The van der Waals surface area contributed by atoms with E-state index in [4.69, 9.17) is 0 Å². The molecule has 0 spiro atoms. The van der Waals surface area contributed by atoms with E-state index >= 15 is 0 Å². The van der Waals surface area contributed by atoms with Crippen molar-refractivity contribution in [1.82, 2.24) is 24.9 Å². The number of imidazole rings is 1. The molecule has 0 amide bonds. The first-order valence-electron chi connectivity index (χ1n) is 10.3. The van der Waals surface area contributed by atoms with E-state index in [1.54, 1.807) is 0 Å². The Morgan fingerprint density at radius 2 is 2.10 bits per heavy atom. The summed E-state index contributed by atoms with van der Waals surface area (Å²) >= 11 is 0. The van der Waals surface area contributed by atoms with Crippen molar-refractivity contribution in [3.63, 3.8) is 0 Å². The predicted octanol–water partition coefficient (Wildman–Crippen LogP) is 3.14. The van der Waals surface area contributed by atoms with Crippen LogP contribution in [0.3, 0.4) is 0 Å². The number of guanidine groups is 1. The van der Waals surface area contributed by atoms with Crippen LogP contribution in [0.2, 0.25) is 0 Å². The average molecular weight is 391 g/mol. The Hall–Kier alpha value is -2.86. The number of rotatable bonds is 5. The van der Waals surface area contributed by atoms with Crippen LogP contribution in [0.15, 0.2) is 59.9 Å². The molecular weight excluding hydrogens is 360 g/mol. The van der Waals surface area contributed by atoms with Crippen LogP contribution in [-0.2, 0) is 6.54 Å². The number of hydrogen-bond acceptors (Lipinski definition) is 3. The third kappa shape index (κ3) is 4.59. The standard InChI is InChI=1S/C23H30N6/c1-17-9-11-29-16-21(26-22(29)13-17)14-25-23(24-3)27-20-10-12-28(15-20)18(2)19-7-5-4-6-8-19/h4-9,11,13,16,18,20H,10,12,14-15H2,1-3H3,(H2,24,25,27). The van der Waals surface area contributed by atoms with Gasteiger partial charge < -0.3 is 15.0 Å². The van der Waals surface area contributed by atoms with Crippen LogP contribution >= 0.6 is 0 Å². The van der Waals surface area contributed by atoms with Gasteiger partial charge in [0.25, 0.3) is 0 Å². The van der Waals surface area contributed by atoms with Crippen molar-refractivity contribution >= 4 is 11.6 Å². The van der Waals surface area contributed by atoms with Gasteiger partial charge in [-0.3, -0.25) is 9.89 Å². The lowest BCUT2D eigenvalue weighted by Gasteiger charge is -2.25. The number of nitrogens with zero attached hydrogens (tertiary/aromatic N) is 4. The smallest absolute Gasteiger partial charge is 0.191 e. The van der Waals surface area contributed by atoms with E-state index in [1.807, 2.05) is 7.05 Å². The summed E-state index contributed by atoms with van der Waals surface area (Å²) in [6, 6.07) is 15.7. The first kappa shape index (κ1) is 19.5. The Bertz CT molecular complexity index is 977. The van der Waals surface area contributed by atoms with Crippen LogP contribution in [0.5, 0.6) is 0 Å². The van der Waals surface area contributed by atoms with Gasteiger partial charge in [-0.2, -0.15) is 0 Å². The largest absolute Gasteiger partial charge is 0.352 e. The molecule has 0 saturated carbocycles. The molecule has 0 aliphatic carbocycles. The third-order valence-electron chi connectivity index (χ3n) is 5.72. The number of aromatic nitrogens is 2. The van der Waals surface area contributed by atoms with Gasteiger partial charge in [-0.1, -0.05) is 30.3 Å². The molecule has 1 fully saturated rings. The molecule has 2 unspecified atom stereocenters. The Morgan fingerprint density at radius 3 is 2.90 bits per heavy atom. The number of hydrogen-bond donors (Lipinski definition) is 2. The maximum Gasteiger partial charge on any atom is 0.191 e. The highest BCUT2D eigenvalue weighted by Gasteiger charge is 2.27. The topological polar surface area (TPSA) is 57.0 Å². The van der Waals surface area contributed by atoms with E-state index in [-0.39, 0.29) is 0 Å². The Balaban J connectivity index is 1.31. The minimum atomic E-state index is 0.399. The van der Waals surface area contributed by atoms with Crippen LogP contribution in [0.25, 0.3) is 5.65 Å². The second-order valence-corrected chi connectivity index (χ2v) is 7.84. The molecule has 3 aromatic rings. The fourth-order valence-electron chi connectivity index (χ4n) is 3.98. The zero-order valence-corrected chi connectivity index (χ0v) is 17.5. The zero-order valence-electron chi connectivity index (χ0n) is 17.5. The van der Waals surface area contributed by atoms with Gasteiger partial charge in [-0.05, 0) is 43.5 Å². The molecule has 2 N–H and O–H groups in total. The van der Waals surface area contributed by atoms with Crippen molar-refractivity contribution < 1.29 is 0 Å². The molecule has 3 heterocycles. The summed E-state index contributed by atoms with van der Waals surface area (Å²) in [6.07, 6.45) is 5.23. The lowest BCUT2D eigenvalue weighted by atomic mass is 10.1. The van der Waals surface area contributed by atoms with E-state index in [0.29, 0.717) is 18.6 Å². The van der Waals surface area contributed by atoms with Crippen molar-refractivity contribution in [3.8, 4) is 0 Å². The molecule has 1 aromatic carbocycles. The summed E-state index contributed by atoms with van der Waals surface area (Å²) in [4.78, 5) is 11.6. The Labute approximate surface area is 172 Å². The summed E-state index contributed by atoms with van der Waals surface area (Å²) in [7, 11) is 1.82. The molecular formula is C23H30N6. The van der Waals surface area contributed by atoms with E-state index in [9.17, 15) is 0 Å². The lowest BCUT2D eigenvalue weighted by molar-refractivity contribution is 0.258. The maximum absolute atomic E-state index is 4.69. The maximum atomic E-state index is 4.69. The highest BCUT2D eigenvalue weighted by molar-refractivity contribution is 5.80. The van der Waals surface area contributed by atoms with Crippen LogP contribution < -0.4 is 10.6 Å². The molecule has 0 radical (unpaired) electrons. The van der Waals surface area contributed by atoms with Crippen molar-refractivity contribution in [3.05, 3.63) is 71.7 Å². The van der Waals surface area contributed by atoms with Gasteiger partial charge in [0.2, 0.25) is 0 Å². The summed E-state index contributed by atoms with van der Waals surface area (Å²) in [5.74, 6) is 0.831. The summed E-state index contributed by atoms with van der Waals surface area (Å²) < 4.78 is 2.06. The molecule has 0 bridgehead atoms. The van der Waals surface area contributed by atoms with Gasteiger partial charge in [-0.25, -0.2) is 4.98 Å². The molecule has 6 heteroatoms. The summed E-state index contributed by atoms with van der Waals surface area (Å²) in [5, 5.41) is 6.99. The minimum Gasteiger partial charge on any atom is -0.352 e. The van der Waals surface area contributed by atoms with E-state index in [2.05, 4.69) is 98.6 Å². The fourth-order valence-corrected chi connectivity index (χ4v) is 3.98. The Morgan fingerprint density at radius 1 is 1.28 bits per heavy atom. The van der Waals surface area contributed by atoms with Gasteiger partial charge in [0, 0.05) is 44.6 Å². The van der Waals surface area contributed by atoms with E-state index in [0.717, 1.165) is 36.8 Å². The van der Waals surface area contributed by atoms with E-state index in [1.165, 1.54) is 11.1 Å². The van der Waals surface area contributed by atoms with Gasteiger partial charge >= 0.3 is 0 Å². The second-order valence-electron chi connectivity index (χ2n) is 7.84. The number of fused-ring (bicyclic) bond motifs is 1. The fraction of sp³-hybridized carbons (Fsp3) is 0.391. The highest BCUT2D eigenvalue weighted by Crippen LogP contribution is 2.24. The van der Waals surface area contributed by atoms with Crippen molar-refractivity contribution in [2.45, 2.75) is 38.9 Å². The predicted molar refractivity (Wildman–Crippen MR) is 118 cm³/mol. The van der Waals surface area contributed by atoms with Crippen LogP contribution in [-0.4, -0.2) is 46.4 Å². The minimum absolute atomic E-state index is 0.399. The molecule has 4 rings (SSSR count). The van der Waals surface area contributed by atoms with Gasteiger partial charge in [0.05, 0.1) is 12.2 Å². The zero-order chi connectivity index (χ0) is 20.2. The number of benzene rings is 1. The summed E-state index contributed by atoms with van der Waals surface area (Å²) in [5.41, 5.74) is 4.57. The number of aryl methyl sites for hydroxylation is 1. The van der Waals surface area contributed by atoms with Crippen molar-refractivity contribution in [2.24, 2.45) is 4.99 Å². The molecule has 2 atom stereocenters. The molecule has 1 aliphatic rings. The van der Waals surface area contributed by atoms with Crippen molar-refractivity contribution in [2.75, 3.05) is 20.1 Å². The van der Waals surface area contributed by atoms with Crippen molar-refractivity contribution in [1.29, 1.82) is 0 Å². The molecule has 152 valence electrons. The van der Waals surface area contributed by atoms with Crippen LogP contribution in [0.1, 0.15) is 36.2 Å². The molecule has 2 aromatic heterocycles. The summed E-state index contributed by atoms with van der Waals surface area (Å²) in [6.45, 7) is 7.13. The normalized spacial score (nSPS) is 18.9. The third-order valence-corrected chi connectivity index (χ3v) is 5.72. The molecule has 1 saturated heterocycles. The lowest BCUT2D eigenvalue weighted by Crippen LogP contribution is -2.44. The number of nitrogens with one attached hydrogen (secondary N) is 2. The molecule has 6 nitrogen and oxygen atoms in total. The SMILES string of the molecule is CN=C(NCc1cn2ccc(C)cc2n1)NC1CCN(C(C)c2ccccc2)C1. The first-order chi connectivity index (χ1) is 14.1. The highest BCUT2D eigenvalue weighted by atomic mass is 15.3. The quantitative estimate of drug-likeness (QED) is 0.519. The second kappa shape index (κ2) is 8.66. The molecule has 29 heavy (non-hydrogen) atoms. The van der Waals surface area contributed by atoms with Gasteiger partial charge in [-0.15, -0.1) is 0 Å². The van der Waals surface area contributed by atoms with Gasteiger partial charge in [0.1, 0.15) is 5.65 Å².